The van der Waals surface area contributed by atoms with Crippen LogP contribution in [0.25, 0.3) is 22.0 Å². The number of nitrogens with zero attached hydrogens (tertiary/aromatic N) is 2. The summed E-state index contributed by atoms with van der Waals surface area (Å²) in [4.78, 5) is 16.7. The van der Waals surface area contributed by atoms with Gasteiger partial charge in [-0.25, -0.2) is 9.37 Å². The third-order valence-electron chi connectivity index (χ3n) is 5.02. The third-order valence-corrected chi connectivity index (χ3v) is 5.91. The first kappa shape index (κ1) is 19.8. The highest BCUT2D eigenvalue weighted by Gasteiger charge is 2.20. The molecule has 0 saturated heterocycles. The van der Waals surface area contributed by atoms with E-state index in [1.54, 1.807) is 38.3 Å². The van der Waals surface area contributed by atoms with Crippen molar-refractivity contribution in [1.82, 2.24) is 9.55 Å². The molecule has 0 aliphatic carbocycles. The number of rotatable bonds is 6. The van der Waals surface area contributed by atoms with Crippen LogP contribution in [0.15, 0.2) is 60.0 Å². The second-order valence-corrected chi connectivity index (χ2v) is 7.69. The molecule has 5 nitrogen and oxygen atoms in total. The molecule has 2 N–H and O–H groups in total. The third kappa shape index (κ3) is 3.71. The molecule has 0 radical (unpaired) electrons. The Hall–Kier alpha value is -3.45. The molecule has 2 heterocycles. The van der Waals surface area contributed by atoms with E-state index in [1.165, 1.54) is 17.4 Å². The van der Waals surface area contributed by atoms with Gasteiger partial charge in [0, 0.05) is 22.2 Å². The molecule has 0 saturated carbocycles. The summed E-state index contributed by atoms with van der Waals surface area (Å²) in [6, 6.07) is 16.0. The van der Waals surface area contributed by atoms with Crippen molar-refractivity contribution in [3.05, 3.63) is 82.6 Å². The second-order valence-electron chi connectivity index (χ2n) is 6.84. The van der Waals surface area contributed by atoms with Gasteiger partial charge in [-0.2, -0.15) is 0 Å². The molecule has 4 rings (SSSR count). The Bertz CT molecular complexity index is 1210. The Morgan fingerprint density at radius 3 is 2.60 bits per heavy atom. The summed E-state index contributed by atoms with van der Waals surface area (Å²) in [5.41, 5.74) is 9.57. The maximum absolute atomic E-state index is 14.3. The highest BCUT2D eigenvalue weighted by molar-refractivity contribution is 7.13. The van der Waals surface area contributed by atoms with Crippen LogP contribution in [0.3, 0.4) is 0 Å². The van der Waals surface area contributed by atoms with Gasteiger partial charge in [0.05, 0.1) is 30.6 Å². The van der Waals surface area contributed by atoms with Crippen molar-refractivity contribution in [2.24, 2.45) is 5.73 Å². The highest BCUT2D eigenvalue weighted by Crippen LogP contribution is 2.32. The predicted molar refractivity (Wildman–Crippen MR) is 116 cm³/mol. The Balaban J connectivity index is 1.76. The van der Waals surface area contributed by atoms with Crippen LogP contribution in [0.2, 0.25) is 0 Å². The number of thiazole rings is 1. The molecule has 0 spiro atoms. The second kappa shape index (κ2) is 8.12. The summed E-state index contributed by atoms with van der Waals surface area (Å²) in [5.74, 6) is -0.0444. The summed E-state index contributed by atoms with van der Waals surface area (Å²) in [7, 11) is 1.62. The van der Waals surface area contributed by atoms with Gasteiger partial charge in [-0.05, 0) is 43.3 Å². The highest BCUT2D eigenvalue weighted by atomic mass is 32.1. The topological polar surface area (TPSA) is 70.1 Å². The maximum Gasteiger partial charge on any atom is 0.250 e. The summed E-state index contributed by atoms with van der Waals surface area (Å²) in [5, 5.41) is 2.77. The smallest absolute Gasteiger partial charge is 0.250 e. The molecule has 30 heavy (non-hydrogen) atoms. The van der Waals surface area contributed by atoms with E-state index >= 15 is 0 Å². The number of amides is 1. The molecule has 0 aliphatic heterocycles. The van der Waals surface area contributed by atoms with Gasteiger partial charge in [0.2, 0.25) is 0 Å². The summed E-state index contributed by atoms with van der Waals surface area (Å²) < 4.78 is 21.4. The number of hydrogen-bond acceptors (Lipinski definition) is 4. The van der Waals surface area contributed by atoms with Gasteiger partial charge in [-0.15, -0.1) is 11.3 Å². The standard InChI is InChI=1S/C23H20FN3O2S/c1-14-18(22(25)28)11-21(27(14)12-16-5-3-4-6-19(16)24)20-13-30-23(26-20)15-7-9-17(29-2)10-8-15/h3-11,13H,12H2,1-2H3,(H2,25,28). The molecule has 0 unspecified atom stereocenters. The van der Waals surface area contributed by atoms with Crippen LogP contribution in [0.4, 0.5) is 4.39 Å². The van der Waals surface area contributed by atoms with E-state index in [0.717, 1.165) is 22.0 Å². The lowest BCUT2D eigenvalue weighted by Crippen LogP contribution is -2.13. The van der Waals surface area contributed by atoms with E-state index in [1.807, 2.05) is 34.2 Å². The van der Waals surface area contributed by atoms with E-state index in [-0.39, 0.29) is 12.4 Å². The van der Waals surface area contributed by atoms with Crippen LogP contribution >= 0.6 is 11.3 Å². The van der Waals surface area contributed by atoms with Crippen LogP contribution < -0.4 is 10.5 Å². The van der Waals surface area contributed by atoms with E-state index in [0.29, 0.717) is 22.5 Å². The molecular weight excluding hydrogens is 401 g/mol. The number of primary amides is 1. The molecule has 1 amide bonds. The van der Waals surface area contributed by atoms with E-state index in [9.17, 15) is 9.18 Å². The lowest BCUT2D eigenvalue weighted by atomic mass is 10.2. The Kier molecular flexibility index (Phi) is 5.37. The molecule has 7 heteroatoms. The zero-order chi connectivity index (χ0) is 21.3. The number of methoxy groups -OCH3 is 1. The first-order valence-electron chi connectivity index (χ1n) is 9.31. The first-order valence-corrected chi connectivity index (χ1v) is 10.2. The zero-order valence-corrected chi connectivity index (χ0v) is 17.4. The summed E-state index contributed by atoms with van der Waals surface area (Å²) in [6.45, 7) is 2.08. The molecule has 2 aromatic heterocycles. The van der Waals surface area contributed by atoms with Crippen molar-refractivity contribution in [3.8, 4) is 27.7 Å². The van der Waals surface area contributed by atoms with Crippen LogP contribution in [0.5, 0.6) is 5.75 Å². The van der Waals surface area contributed by atoms with E-state index in [4.69, 9.17) is 15.5 Å². The number of ether oxygens (including phenoxy) is 1. The molecule has 0 atom stereocenters. The minimum atomic E-state index is -0.522. The monoisotopic (exact) mass is 421 g/mol. The largest absolute Gasteiger partial charge is 0.497 e. The van der Waals surface area contributed by atoms with Crippen molar-refractivity contribution in [2.45, 2.75) is 13.5 Å². The number of hydrogen-bond donors (Lipinski definition) is 1. The zero-order valence-electron chi connectivity index (χ0n) is 16.6. The normalized spacial score (nSPS) is 10.9. The number of carbonyl (C=O) groups excluding carboxylic acids is 1. The quantitative estimate of drug-likeness (QED) is 0.482. The van der Waals surface area contributed by atoms with Gasteiger partial charge in [-0.3, -0.25) is 4.79 Å². The Labute approximate surface area is 177 Å². The number of carbonyl (C=O) groups is 1. The molecule has 2 aromatic carbocycles. The van der Waals surface area contributed by atoms with Crippen LogP contribution in [-0.2, 0) is 6.54 Å². The average molecular weight is 421 g/mol. The van der Waals surface area contributed by atoms with Crippen molar-refractivity contribution in [1.29, 1.82) is 0 Å². The first-order chi connectivity index (χ1) is 14.5. The van der Waals surface area contributed by atoms with Crippen LogP contribution in [0.1, 0.15) is 21.6 Å². The lowest BCUT2D eigenvalue weighted by molar-refractivity contribution is 0.0999. The van der Waals surface area contributed by atoms with Gasteiger partial charge >= 0.3 is 0 Å². The fourth-order valence-corrected chi connectivity index (χ4v) is 4.19. The molecule has 0 bridgehead atoms. The minimum absolute atomic E-state index is 0.274. The molecule has 0 aliphatic rings. The maximum atomic E-state index is 14.3. The van der Waals surface area contributed by atoms with E-state index < -0.39 is 5.91 Å². The number of benzene rings is 2. The van der Waals surface area contributed by atoms with Crippen LogP contribution in [-0.4, -0.2) is 22.6 Å². The van der Waals surface area contributed by atoms with Crippen molar-refractivity contribution in [3.63, 3.8) is 0 Å². The molecular formula is C23H20FN3O2S. The molecule has 4 aromatic rings. The van der Waals surface area contributed by atoms with Gasteiger partial charge in [0.15, 0.2) is 0 Å². The van der Waals surface area contributed by atoms with Gasteiger partial charge in [0.25, 0.3) is 5.91 Å². The average Bonchev–Trinajstić information content (AvgIpc) is 3.35. The van der Waals surface area contributed by atoms with E-state index in [2.05, 4.69) is 0 Å². The summed E-state index contributed by atoms with van der Waals surface area (Å²) >= 11 is 1.50. The van der Waals surface area contributed by atoms with Gasteiger partial charge in [0.1, 0.15) is 16.6 Å². The fourth-order valence-electron chi connectivity index (χ4n) is 3.37. The Morgan fingerprint density at radius 2 is 1.93 bits per heavy atom. The number of aromatic nitrogens is 2. The van der Waals surface area contributed by atoms with Crippen molar-refractivity contribution in [2.75, 3.05) is 7.11 Å². The Morgan fingerprint density at radius 1 is 1.20 bits per heavy atom. The summed E-state index contributed by atoms with van der Waals surface area (Å²) in [6.07, 6.45) is 0. The SMILES string of the molecule is COc1ccc(-c2nc(-c3cc(C(N)=O)c(C)n3Cc3ccccc3F)cs2)cc1. The predicted octanol–water partition coefficient (Wildman–Crippen LogP) is 4.88. The van der Waals surface area contributed by atoms with Gasteiger partial charge in [-0.1, -0.05) is 18.2 Å². The van der Waals surface area contributed by atoms with Gasteiger partial charge < -0.3 is 15.0 Å². The van der Waals surface area contributed by atoms with Crippen LogP contribution in [0, 0.1) is 12.7 Å². The number of nitrogens with two attached hydrogens (primary N) is 1. The molecule has 0 fully saturated rings. The lowest BCUT2D eigenvalue weighted by Gasteiger charge is -2.11. The minimum Gasteiger partial charge on any atom is -0.497 e. The molecule has 152 valence electrons. The fraction of sp³-hybridized carbons (Fsp3) is 0.130. The van der Waals surface area contributed by atoms with Crippen molar-refractivity contribution >= 4 is 17.2 Å². The van der Waals surface area contributed by atoms with Crippen molar-refractivity contribution < 1.29 is 13.9 Å². The number of halogens is 1.